The van der Waals surface area contributed by atoms with Crippen LogP contribution in [0.3, 0.4) is 0 Å². The molecule has 0 saturated carbocycles. The highest BCUT2D eigenvalue weighted by atomic mass is 16.7. The summed E-state index contributed by atoms with van der Waals surface area (Å²) in [6, 6.07) is 4.18. The molecule has 1 aromatic carbocycles. The number of aryl methyl sites for hydroxylation is 1. The largest absolute Gasteiger partial charge is 0.419 e. The highest BCUT2D eigenvalue weighted by Crippen LogP contribution is 2.27. The summed E-state index contributed by atoms with van der Waals surface area (Å²) >= 11 is 0. The molecule has 5 nitrogen and oxygen atoms in total. The Bertz CT molecular complexity index is 764. The molecule has 0 spiro atoms. The van der Waals surface area contributed by atoms with Gasteiger partial charge in [0, 0.05) is 20.4 Å². The van der Waals surface area contributed by atoms with Crippen LogP contribution in [0, 0.1) is 19.8 Å². The smallest absolute Gasteiger partial charge is 0.348 e. The van der Waals surface area contributed by atoms with E-state index in [9.17, 15) is 9.59 Å². The monoisotopic (exact) mass is 371 g/mol. The lowest BCUT2D eigenvalue weighted by molar-refractivity contribution is -0.222. The van der Waals surface area contributed by atoms with E-state index >= 15 is 0 Å². The highest BCUT2D eigenvalue weighted by Gasteiger charge is 2.39. The molecule has 27 heavy (non-hydrogen) atoms. The fourth-order valence-corrected chi connectivity index (χ4v) is 3.67. The van der Waals surface area contributed by atoms with Gasteiger partial charge in [-0.2, -0.15) is 0 Å². The molecule has 3 rings (SSSR count). The first kappa shape index (κ1) is 19.6. The number of hydrogen-bond acceptors (Lipinski definition) is 5. The fraction of sp³-hybridized carbons (Fsp3) is 0.545. The maximum atomic E-state index is 12.3. The quantitative estimate of drug-likeness (QED) is 0.460. The molecule has 2 heterocycles. The first-order chi connectivity index (χ1) is 12.6. The molecular formula is C22H29NO4. The molecule has 1 aromatic rings. The zero-order valence-corrected chi connectivity index (χ0v) is 16.9. The van der Waals surface area contributed by atoms with Gasteiger partial charge in [0.05, 0.1) is 0 Å². The highest BCUT2D eigenvalue weighted by molar-refractivity contribution is 6.19. The van der Waals surface area contributed by atoms with Gasteiger partial charge in [-0.3, -0.25) is 4.90 Å². The molecule has 146 valence electrons. The van der Waals surface area contributed by atoms with Crippen molar-refractivity contribution < 1.29 is 19.1 Å². The second-order valence-electron chi connectivity index (χ2n) is 8.33. The predicted molar refractivity (Wildman–Crippen MR) is 104 cm³/mol. The Morgan fingerprint density at radius 1 is 1.11 bits per heavy atom. The number of carbonyl (C=O) groups excluding carboxylic acids is 2. The van der Waals surface area contributed by atoms with E-state index in [1.807, 2.05) is 19.9 Å². The van der Waals surface area contributed by atoms with E-state index in [1.165, 1.54) is 18.4 Å². The Labute approximate surface area is 161 Å². The van der Waals surface area contributed by atoms with Crippen molar-refractivity contribution in [1.29, 1.82) is 0 Å². The summed E-state index contributed by atoms with van der Waals surface area (Å²) in [5.74, 6) is -1.69. The number of piperidine rings is 1. The molecule has 0 atom stereocenters. The molecule has 0 radical (unpaired) electrons. The fourth-order valence-electron chi connectivity index (χ4n) is 3.67. The Morgan fingerprint density at radius 3 is 2.30 bits per heavy atom. The summed E-state index contributed by atoms with van der Waals surface area (Å²) in [6.45, 7) is 12.6. The van der Waals surface area contributed by atoms with Crippen LogP contribution in [-0.4, -0.2) is 35.7 Å². The minimum atomic E-state index is -1.22. The predicted octanol–water partition coefficient (Wildman–Crippen LogP) is 3.75. The summed E-state index contributed by atoms with van der Waals surface area (Å²) in [6.07, 6.45) is 4.06. The molecule has 0 N–H and O–H groups in total. The van der Waals surface area contributed by atoms with Gasteiger partial charge in [0.1, 0.15) is 5.57 Å². The number of cyclic esters (lactones) is 2. The third-order valence-electron chi connectivity index (χ3n) is 5.39. The van der Waals surface area contributed by atoms with E-state index < -0.39 is 17.7 Å². The van der Waals surface area contributed by atoms with Crippen LogP contribution in [0.5, 0.6) is 0 Å². The van der Waals surface area contributed by atoms with Crippen LogP contribution >= 0.6 is 0 Å². The number of esters is 2. The van der Waals surface area contributed by atoms with Crippen molar-refractivity contribution in [3.05, 3.63) is 40.0 Å². The molecular weight excluding hydrogens is 342 g/mol. The van der Waals surface area contributed by atoms with Crippen molar-refractivity contribution in [3.63, 3.8) is 0 Å². The summed E-state index contributed by atoms with van der Waals surface area (Å²) in [5, 5.41) is 0. The average Bonchev–Trinajstić information content (AvgIpc) is 2.56. The number of hydrogen-bond donors (Lipinski definition) is 0. The third-order valence-corrected chi connectivity index (χ3v) is 5.39. The van der Waals surface area contributed by atoms with Gasteiger partial charge >= 0.3 is 11.9 Å². The average molecular weight is 371 g/mol. The lowest BCUT2D eigenvalue weighted by Gasteiger charge is -2.31. The maximum Gasteiger partial charge on any atom is 0.348 e. The molecule has 2 aliphatic rings. The van der Waals surface area contributed by atoms with Gasteiger partial charge in [-0.05, 0) is 68.5 Å². The Morgan fingerprint density at radius 2 is 1.70 bits per heavy atom. The van der Waals surface area contributed by atoms with Gasteiger partial charge < -0.3 is 9.47 Å². The van der Waals surface area contributed by atoms with Crippen molar-refractivity contribution in [2.75, 3.05) is 13.1 Å². The molecule has 0 aromatic heterocycles. The third kappa shape index (κ3) is 4.59. The molecule has 0 unspecified atom stereocenters. The van der Waals surface area contributed by atoms with E-state index in [4.69, 9.17) is 9.47 Å². The molecule has 0 bridgehead atoms. The van der Waals surface area contributed by atoms with Gasteiger partial charge in [-0.1, -0.05) is 24.6 Å². The number of benzene rings is 1. The van der Waals surface area contributed by atoms with Crippen LogP contribution in [-0.2, 0) is 25.6 Å². The topological polar surface area (TPSA) is 55.8 Å². The molecule has 2 fully saturated rings. The first-order valence-electron chi connectivity index (χ1n) is 9.65. The number of carbonyl (C=O) groups is 2. The van der Waals surface area contributed by atoms with Crippen LogP contribution in [0.4, 0.5) is 0 Å². The van der Waals surface area contributed by atoms with Gasteiger partial charge in [0.2, 0.25) is 0 Å². The summed E-state index contributed by atoms with van der Waals surface area (Å²) in [7, 11) is 0. The minimum absolute atomic E-state index is 0.0548. The van der Waals surface area contributed by atoms with Crippen LogP contribution in [0.2, 0.25) is 0 Å². The van der Waals surface area contributed by atoms with Crippen molar-refractivity contribution in [2.24, 2.45) is 5.92 Å². The normalized spacial score (nSPS) is 21.0. The summed E-state index contributed by atoms with van der Waals surface area (Å²) < 4.78 is 10.4. The van der Waals surface area contributed by atoms with E-state index in [2.05, 4.69) is 17.9 Å². The number of nitrogens with zero attached hydrogens (tertiary/aromatic N) is 1. The molecule has 0 aliphatic carbocycles. The zero-order chi connectivity index (χ0) is 19.8. The number of rotatable bonds is 3. The molecule has 2 aliphatic heterocycles. The lowest BCUT2D eigenvalue weighted by atomic mass is 9.95. The summed E-state index contributed by atoms with van der Waals surface area (Å²) in [5.41, 5.74) is 4.22. The van der Waals surface area contributed by atoms with E-state index in [-0.39, 0.29) is 5.57 Å². The van der Waals surface area contributed by atoms with E-state index in [0.717, 1.165) is 42.2 Å². The van der Waals surface area contributed by atoms with Gasteiger partial charge in [-0.25, -0.2) is 9.59 Å². The van der Waals surface area contributed by atoms with Crippen LogP contribution < -0.4 is 0 Å². The minimum Gasteiger partial charge on any atom is -0.419 e. The standard InChI is InChI=1S/C22H29NO4/c1-14-6-8-23(9-7-14)13-18-11-15(2)10-17(16(18)3)12-19-20(24)26-22(4,5)27-21(19)25/h10-12,14H,6-9,13H2,1-5H3. The molecule has 5 heteroatoms. The Balaban J connectivity index is 1.87. The summed E-state index contributed by atoms with van der Waals surface area (Å²) in [4.78, 5) is 27.0. The Hall–Kier alpha value is -2.14. The van der Waals surface area contributed by atoms with Crippen LogP contribution in [0.15, 0.2) is 17.7 Å². The number of ether oxygens (including phenoxy) is 2. The lowest BCUT2D eigenvalue weighted by Crippen LogP contribution is -2.41. The van der Waals surface area contributed by atoms with Gasteiger partial charge in [0.25, 0.3) is 5.79 Å². The Kier molecular flexibility index (Phi) is 5.43. The second kappa shape index (κ2) is 7.47. The molecule has 0 amide bonds. The molecule has 2 saturated heterocycles. The van der Waals surface area contributed by atoms with Gasteiger partial charge in [0.15, 0.2) is 0 Å². The second-order valence-corrected chi connectivity index (χ2v) is 8.33. The van der Waals surface area contributed by atoms with Crippen molar-refractivity contribution >= 4 is 18.0 Å². The maximum absolute atomic E-state index is 12.3. The van der Waals surface area contributed by atoms with Crippen LogP contribution in [0.1, 0.15) is 55.9 Å². The number of likely N-dealkylation sites (tertiary alicyclic amines) is 1. The first-order valence-corrected chi connectivity index (χ1v) is 9.65. The van der Waals surface area contributed by atoms with Crippen LogP contribution in [0.25, 0.3) is 6.08 Å². The SMILES string of the molecule is Cc1cc(C=C2C(=O)OC(C)(C)OC2=O)c(C)c(CN2CCC(C)CC2)c1. The van der Waals surface area contributed by atoms with E-state index in [0.29, 0.717) is 0 Å². The van der Waals surface area contributed by atoms with Crippen molar-refractivity contribution in [2.45, 2.75) is 59.8 Å². The van der Waals surface area contributed by atoms with Crippen molar-refractivity contribution in [3.8, 4) is 0 Å². The van der Waals surface area contributed by atoms with Crippen molar-refractivity contribution in [1.82, 2.24) is 4.90 Å². The van der Waals surface area contributed by atoms with Gasteiger partial charge in [-0.15, -0.1) is 0 Å². The zero-order valence-electron chi connectivity index (χ0n) is 16.9. The van der Waals surface area contributed by atoms with E-state index in [1.54, 1.807) is 19.9 Å².